The molecular formula is C10H10F3N3O2. The molecule has 1 aromatic rings. The number of rotatable bonds is 4. The molecule has 1 rings (SSSR count). The quantitative estimate of drug-likeness (QED) is 0.495. The molecule has 0 aliphatic heterocycles. The highest BCUT2D eigenvalue weighted by molar-refractivity contribution is 5.27. The van der Waals surface area contributed by atoms with Crippen molar-refractivity contribution in [2.24, 2.45) is 5.11 Å². The standard InChI is InChI=1S/C10H10F3N3O2/c11-10(12,13)7-3-1-6(2-4-7)9(15-16-14)8(18)5-17/h1-4,8-9,17-18H,5H2/t8-,9+/m0/s1. The van der Waals surface area contributed by atoms with Crippen LogP contribution in [-0.4, -0.2) is 22.9 Å². The molecule has 0 amide bonds. The van der Waals surface area contributed by atoms with E-state index < -0.39 is 30.5 Å². The van der Waals surface area contributed by atoms with Crippen LogP contribution in [0.1, 0.15) is 17.2 Å². The van der Waals surface area contributed by atoms with Crippen molar-refractivity contribution in [3.63, 3.8) is 0 Å². The molecule has 0 fully saturated rings. The first kappa shape index (κ1) is 14.3. The van der Waals surface area contributed by atoms with Gasteiger partial charge in [0.05, 0.1) is 24.3 Å². The zero-order valence-electron chi connectivity index (χ0n) is 9.04. The summed E-state index contributed by atoms with van der Waals surface area (Å²) < 4.78 is 37.0. The minimum atomic E-state index is -4.46. The molecule has 0 bridgehead atoms. The Morgan fingerprint density at radius 3 is 2.22 bits per heavy atom. The summed E-state index contributed by atoms with van der Waals surface area (Å²) in [6.45, 7) is -0.662. The maximum Gasteiger partial charge on any atom is 0.416 e. The fraction of sp³-hybridized carbons (Fsp3) is 0.400. The molecule has 5 nitrogen and oxygen atoms in total. The SMILES string of the molecule is [N-]=[N+]=N[C@H](c1ccc(C(F)(F)F)cc1)[C@@H](O)CO. The van der Waals surface area contributed by atoms with Crippen LogP contribution in [0.3, 0.4) is 0 Å². The summed E-state index contributed by atoms with van der Waals surface area (Å²) >= 11 is 0. The van der Waals surface area contributed by atoms with E-state index in [1.807, 2.05) is 0 Å². The topological polar surface area (TPSA) is 89.2 Å². The number of aliphatic hydroxyl groups is 2. The third-order valence-corrected chi connectivity index (χ3v) is 2.31. The van der Waals surface area contributed by atoms with Crippen molar-refractivity contribution in [2.75, 3.05) is 6.61 Å². The molecule has 0 aliphatic carbocycles. The summed E-state index contributed by atoms with van der Waals surface area (Å²) in [5.41, 5.74) is 7.67. The molecule has 0 saturated heterocycles. The largest absolute Gasteiger partial charge is 0.416 e. The van der Waals surface area contributed by atoms with Crippen LogP contribution in [0, 0.1) is 0 Å². The third-order valence-electron chi connectivity index (χ3n) is 2.31. The number of hydrogen-bond donors (Lipinski definition) is 2. The molecule has 2 atom stereocenters. The third kappa shape index (κ3) is 3.36. The zero-order chi connectivity index (χ0) is 13.8. The summed E-state index contributed by atoms with van der Waals surface area (Å²) in [7, 11) is 0. The van der Waals surface area contributed by atoms with E-state index in [4.69, 9.17) is 10.6 Å². The van der Waals surface area contributed by atoms with Crippen LogP contribution < -0.4 is 0 Å². The van der Waals surface area contributed by atoms with E-state index >= 15 is 0 Å². The maximum atomic E-state index is 12.3. The monoisotopic (exact) mass is 261 g/mol. The number of azide groups is 1. The highest BCUT2D eigenvalue weighted by atomic mass is 19.4. The molecule has 0 radical (unpaired) electrons. The second-order valence-electron chi connectivity index (χ2n) is 3.52. The average Bonchev–Trinajstić information content (AvgIpc) is 2.34. The lowest BCUT2D eigenvalue weighted by Crippen LogP contribution is -2.20. The van der Waals surface area contributed by atoms with Crippen LogP contribution in [0.5, 0.6) is 0 Å². The molecule has 8 heteroatoms. The fourth-order valence-corrected chi connectivity index (χ4v) is 1.39. The Morgan fingerprint density at radius 1 is 1.28 bits per heavy atom. The van der Waals surface area contributed by atoms with Gasteiger partial charge in [0, 0.05) is 4.91 Å². The van der Waals surface area contributed by atoms with Crippen molar-refractivity contribution in [3.8, 4) is 0 Å². The molecule has 18 heavy (non-hydrogen) atoms. The van der Waals surface area contributed by atoms with Crippen molar-refractivity contribution in [3.05, 3.63) is 45.8 Å². The number of alkyl halides is 3. The van der Waals surface area contributed by atoms with Crippen molar-refractivity contribution in [1.82, 2.24) is 0 Å². The number of halogens is 3. The zero-order valence-corrected chi connectivity index (χ0v) is 9.04. The molecule has 98 valence electrons. The van der Waals surface area contributed by atoms with Gasteiger partial charge < -0.3 is 10.2 Å². The second-order valence-corrected chi connectivity index (χ2v) is 3.52. The van der Waals surface area contributed by atoms with Crippen molar-refractivity contribution < 1.29 is 23.4 Å². The molecule has 0 saturated carbocycles. The van der Waals surface area contributed by atoms with Gasteiger partial charge in [0.25, 0.3) is 0 Å². The van der Waals surface area contributed by atoms with Gasteiger partial charge in [-0.25, -0.2) is 0 Å². The average molecular weight is 261 g/mol. The summed E-state index contributed by atoms with van der Waals surface area (Å²) in [5.74, 6) is 0. The molecule has 0 spiro atoms. The lowest BCUT2D eigenvalue weighted by molar-refractivity contribution is -0.137. The van der Waals surface area contributed by atoms with Gasteiger partial charge in [0.15, 0.2) is 0 Å². The van der Waals surface area contributed by atoms with Crippen LogP contribution in [0.15, 0.2) is 29.4 Å². The van der Waals surface area contributed by atoms with E-state index in [1.165, 1.54) is 0 Å². The van der Waals surface area contributed by atoms with Gasteiger partial charge >= 0.3 is 6.18 Å². The first-order valence-electron chi connectivity index (χ1n) is 4.90. The van der Waals surface area contributed by atoms with Gasteiger partial charge in [-0.1, -0.05) is 17.2 Å². The lowest BCUT2D eigenvalue weighted by Gasteiger charge is -2.17. The summed E-state index contributed by atoms with van der Waals surface area (Å²) in [4.78, 5) is 2.48. The Kier molecular flexibility index (Phi) is 4.55. The molecule has 1 aromatic carbocycles. The van der Waals surface area contributed by atoms with Gasteiger partial charge in [-0.2, -0.15) is 13.2 Å². The highest BCUT2D eigenvalue weighted by Gasteiger charge is 2.30. The predicted octanol–water partition coefficient (Wildman–Crippen LogP) is 2.41. The van der Waals surface area contributed by atoms with Crippen LogP contribution >= 0.6 is 0 Å². The number of hydrogen-bond acceptors (Lipinski definition) is 3. The Morgan fingerprint density at radius 2 is 1.83 bits per heavy atom. The summed E-state index contributed by atoms with van der Waals surface area (Å²) in [6.07, 6.45) is -5.82. The molecule has 2 N–H and O–H groups in total. The Hall–Kier alpha value is -1.76. The smallest absolute Gasteiger partial charge is 0.394 e. The van der Waals surface area contributed by atoms with Gasteiger partial charge in [0.2, 0.25) is 0 Å². The van der Waals surface area contributed by atoms with E-state index in [2.05, 4.69) is 10.0 Å². The molecule has 0 aromatic heterocycles. The lowest BCUT2D eigenvalue weighted by atomic mass is 10.0. The van der Waals surface area contributed by atoms with Crippen molar-refractivity contribution in [2.45, 2.75) is 18.3 Å². The van der Waals surface area contributed by atoms with Crippen LogP contribution in [-0.2, 0) is 6.18 Å². The molecule has 0 aliphatic rings. The van der Waals surface area contributed by atoms with Gasteiger partial charge in [-0.15, -0.1) is 0 Å². The van der Waals surface area contributed by atoms with Crippen molar-refractivity contribution in [1.29, 1.82) is 0 Å². The minimum Gasteiger partial charge on any atom is -0.394 e. The first-order chi connectivity index (χ1) is 8.40. The maximum absolute atomic E-state index is 12.3. The Bertz CT molecular complexity index is 441. The van der Waals surface area contributed by atoms with E-state index in [1.54, 1.807) is 0 Å². The van der Waals surface area contributed by atoms with Crippen LogP contribution in [0.25, 0.3) is 10.4 Å². The van der Waals surface area contributed by atoms with Gasteiger partial charge in [-0.05, 0) is 23.2 Å². The molecule has 0 heterocycles. The Labute approximate surface area is 100 Å². The fourth-order valence-electron chi connectivity index (χ4n) is 1.39. The van der Waals surface area contributed by atoms with E-state index in [0.717, 1.165) is 24.3 Å². The second kappa shape index (κ2) is 5.72. The number of benzene rings is 1. The van der Waals surface area contributed by atoms with Crippen molar-refractivity contribution >= 4 is 0 Å². The normalized spacial score (nSPS) is 14.7. The van der Waals surface area contributed by atoms with Crippen LogP contribution in [0.2, 0.25) is 0 Å². The first-order valence-corrected chi connectivity index (χ1v) is 4.90. The number of aliphatic hydroxyl groups excluding tert-OH is 2. The highest BCUT2D eigenvalue weighted by Crippen LogP contribution is 2.31. The van der Waals surface area contributed by atoms with E-state index in [0.29, 0.717) is 0 Å². The Balaban J connectivity index is 3.05. The predicted molar refractivity (Wildman–Crippen MR) is 56.4 cm³/mol. The summed E-state index contributed by atoms with van der Waals surface area (Å²) in [6, 6.07) is 2.71. The van der Waals surface area contributed by atoms with E-state index in [-0.39, 0.29) is 5.56 Å². The molecular weight excluding hydrogens is 251 g/mol. The van der Waals surface area contributed by atoms with E-state index in [9.17, 15) is 18.3 Å². The van der Waals surface area contributed by atoms with Gasteiger partial charge in [-0.3, -0.25) is 0 Å². The molecule has 0 unspecified atom stereocenters. The summed E-state index contributed by atoms with van der Waals surface area (Å²) in [5, 5.41) is 21.4. The van der Waals surface area contributed by atoms with Crippen LogP contribution in [0.4, 0.5) is 13.2 Å². The minimum absolute atomic E-state index is 0.197. The number of nitrogens with zero attached hydrogens (tertiary/aromatic N) is 3. The van der Waals surface area contributed by atoms with Gasteiger partial charge in [0.1, 0.15) is 0 Å².